The summed E-state index contributed by atoms with van der Waals surface area (Å²) in [5, 5.41) is 10.6. The molecule has 0 radical (unpaired) electrons. The summed E-state index contributed by atoms with van der Waals surface area (Å²) in [6.07, 6.45) is 2.23. The van der Waals surface area contributed by atoms with Crippen LogP contribution in [-0.4, -0.2) is 45.3 Å². The number of carboxylic acid groups (broad SMARTS) is 1. The highest BCUT2D eigenvalue weighted by Gasteiger charge is 2.84. The van der Waals surface area contributed by atoms with E-state index in [4.69, 9.17) is 13.7 Å². The molecule has 9 heteroatoms. The maximum atomic E-state index is 14.2. The molecule has 0 aromatic heterocycles. The Morgan fingerprint density at radius 2 is 1.65 bits per heavy atom. The molecule has 2 bridgehead atoms. The fourth-order valence-electron chi connectivity index (χ4n) is 6.61. The number of carboxylic acids is 1. The first kappa shape index (κ1) is 24.6. The minimum absolute atomic E-state index is 0.0834. The first-order valence-corrected chi connectivity index (χ1v) is 12.5. The molecule has 1 spiro atoms. The van der Waals surface area contributed by atoms with Gasteiger partial charge in [-0.15, -0.1) is 0 Å². The first-order chi connectivity index (χ1) is 15.7. The molecule has 1 fully saturated rings. The Morgan fingerprint density at radius 1 is 1.09 bits per heavy atom. The smallest absolute Gasteiger partial charge is 0.338 e. The third-order valence-electron chi connectivity index (χ3n) is 8.59. The summed E-state index contributed by atoms with van der Waals surface area (Å²) in [6.45, 7) is 8.27. The number of hydrogen-bond donors (Lipinski definition) is 1. The van der Waals surface area contributed by atoms with E-state index in [1.807, 2.05) is 13.8 Å². The fourth-order valence-corrected chi connectivity index (χ4v) is 7.69. The number of fused-ring (bicyclic) bond motifs is 1. The van der Waals surface area contributed by atoms with Gasteiger partial charge in [0.1, 0.15) is 21.5 Å². The molecule has 0 aliphatic heterocycles. The highest BCUT2D eigenvalue weighted by atomic mass is 32.2. The largest absolute Gasteiger partial charge is 0.481 e. The fraction of sp³-hybridized carbons (Fsp3) is 0.520. The van der Waals surface area contributed by atoms with Gasteiger partial charge < -0.3 is 18.8 Å². The lowest BCUT2D eigenvalue weighted by molar-refractivity contribution is -0.292. The van der Waals surface area contributed by atoms with Gasteiger partial charge in [-0.1, -0.05) is 30.7 Å². The van der Waals surface area contributed by atoms with E-state index in [-0.39, 0.29) is 16.6 Å². The summed E-state index contributed by atoms with van der Waals surface area (Å²) in [5.41, 5.74) is -3.37. The maximum Gasteiger partial charge on any atom is 0.338 e. The molecule has 1 saturated carbocycles. The number of aliphatic carboxylic acids is 1. The predicted octanol–water partition coefficient (Wildman–Crippen LogP) is 3.61. The Kier molecular flexibility index (Phi) is 5.26. The third kappa shape index (κ3) is 2.42. The molecule has 0 heterocycles. The zero-order valence-corrected chi connectivity index (χ0v) is 21.2. The summed E-state index contributed by atoms with van der Waals surface area (Å²) < 4.78 is 44.1. The van der Waals surface area contributed by atoms with E-state index in [0.29, 0.717) is 17.6 Å². The molecule has 1 N–H and O–H groups in total. The lowest BCUT2D eigenvalue weighted by Crippen LogP contribution is -2.77. The van der Waals surface area contributed by atoms with Gasteiger partial charge in [0.25, 0.3) is 0 Å². The highest BCUT2D eigenvalue weighted by molar-refractivity contribution is 7.86. The van der Waals surface area contributed by atoms with Crippen molar-refractivity contribution in [2.75, 3.05) is 14.2 Å². The molecule has 4 aliphatic carbocycles. The van der Waals surface area contributed by atoms with Gasteiger partial charge in [0, 0.05) is 14.2 Å². The molecular formula is C25H30O8S. The lowest BCUT2D eigenvalue weighted by atomic mass is 9.38. The van der Waals surface area contributed by atoms with Crippen LogP contribution in [-0.2, 0) is 33.4 Å². The molecule has 1 aromatic carbocycles. The van der Waals surface area contributed by atoms with Crippen LogP contribution in [0.3, 0.4) is 0 Å². The predicted molar refractivity (Wildman–Crippen MR) is 122 cm³/mol. The van der Waals surface area contributed by atoms with Gasteiger partial charge in [-0.05, 0) is 63.3 Å². The van der Waals surface area contributed by atoms with Crippen molar-refractivity contribution in [1.82, 2.24) is 0 Å². The number of aryl methyl sites for hydroxylation is 1. The summed E-state index contributed by atoms with van der Waals surface area (Å²) in [6, 6.07) is 6.13. The number of ether oxygens (including phenoxy) is 2. The average molecular weight is 491 g/mol. The zero-order chi connectivity index (χ0) is 25.5. The van der Waals surface area contributed by atoms with E-state index < -0.39 is 43.9 Å². The van der Waals surface area contributed by atoms with Crippen LogP contribution in [0.25, 0.3) is 0 Å². The van der Waals surface area contributed by atoms with Crippen molar-refractivity contribution < 1.29 is 36.8 Å². The molecule has 184 valence electrons. The second kappa shape index (κ2) is 7.26. The monoisotopic (exact) mass is 490 g/mol. The molecule has 5 rings (SSSR count). The van der Waals surface area contributed by atoms with Crippen molar-refractivity contribution in [3.8, 4) is 0 Å². The first-order valence-electron chi connectivity index (χ1n) is 11.1. The zero-order valence-electron chi connectivity index (χ0n) is 20.4. The van der Waals surface area contributed by atoms with E-state index >= 15 is 0 Å². The van der Waals surface area contributed by atoms with Gasteiger partial charge in [-0.2, -0.15) is 8.42 Å². The summed E-state index contributed by atoms with van der Waals surface area (Å²) in [7, 11) is -1.85. The minimum atomic E-state index is -4.37. The van der Waals surface area contributed by atoms with Crippen molar-refractivity contribution in [2.45, 2.75) is 51.7 Å². The topological polar surface area (TPSA) is 116 Å². The number of carbonyl (C=O) groups is 2. The van der Waals surface area contributed by atoms with Crippen LogP contribution in [0, 0.1) is 29.1 Å². The summed E-state index contributed by atoms with van der Waals surface area (Å²) in [5.74, 6) is -4.25. The Bertz CT molecular complexity index is 1250. The van der Waals surface area contributed by atoms with E-state index in [1.165, 1.54) is 40.2 Å². The van der Waals surface area contributed by atoms with Crippen LogP contribution < -0.4 is 0 Å². The van der Waals surface area contributed by atoms with Crippen LogP contribution in [0.1, 0.15) is 39.7 Å². The Morgan fingerprint density at radius 3 is 2.15 bits per heavy atom. The van der Waals surface area contributed by atoms with Crippen molar-refractivity contribution in [3.05, 3.63) is 52.8 Å². The Hall–Kier alpha value is -2.49. The van der Waals surface area contributed by atoms with Crippen molar-refractivity contribution in [1.29, 1.82) is 0 Å². The second-order valence-corrected chi connectivity index (χ2v) is 11.3. The van der Waals surface area contributed by atoms with Gasteiger partial charge in [-0.3, -0.25) is 9.59 Å². The van der Waals surface area contributed by atoms with Gasteiger partial charge in [0.05, 0.1) is 5.41 Å². The molecule has 4 aliphatic rings. The van der Waals surface area contributed by atoms with Crippen LogP contribution in [0.4, 0.5) is 0 Å². The number of carbonyl (C=O) groups excluding carboxylic acids is 1. The molecule has 0 saturated heterocycles. The molecule has 4 unspecified atom stereocenters. The minimum Gasteiger partial charge on any atom is -0.481 e. The number of benzene rings is 1. The van der Waals surface area contributed by atoms with Crippen molar-refractivity contribution >= 4 is 21.9 Å². The molecule has 8 nitrogen and oxygen atoms in total. The highest BCUT2D eigenvalue weighted by Crippen LogP contribution is 2.76. The lowest BCUT2D eigenvalue weighted by Gasteiger charge is -2.66. The number of hydrogen-bond acceptors (Lipinski definition) is 7. The van der Waals surface area contributed by atoms with Gasteiger partial charge in [0.15, 0.2) is 0 Å². The summed E-state index contributed by atoms with van der Waals surface area (Å²) in [4.78, 5) is 27.1. The Balaban J connectivity index is 2.10. The number of Topliss-reactive ketones (excluding diaryl/α,β-unsaturated/α-hetero) is 1. The molecule has 34 heavy (non-hydrogen) atoms. The van der Waals surface area contributed by atoms with Gasteiger partial charge in [0.2, 0.25) is 11.6 Å². The second-order valence-electron chi connectivity index (χ2n) is 9.78. The van der Waals surface area contributed by atoms with E-state index in [0.717, 1.165) is 5.56 Å². The van der Waals surface area contributed by atoms with Crippen LogP contribution in [0.15, 0.2) is 52.1 Å². The quantitative estimate of drug-likeness (QED) is 0.365. The van der Waals surface area contributed by atoms with Crippen molar-refractivity contribution in [2.24, 2.45) is 22.2 Å². The number of rotatable bonds is 6. The van der Waals surface area contributed by atoms with E-state index in [9.17, 15) is 23.1 Å². The molecule has 0 amide bonds. The van der Waals surface area contributed by atoms with Crippen LogP contribution in [0.5, 0.6) is 0 Å². The summed E-state index contributed by atoms with van der Waals surface area (Å²) >= 11 is 0. The average Bonchev–Trinajstić information content (AvgIpc) is 3.14. The third-order valence-corrected chi connectivity index (χ3v) is 9.82. The molecular weight excluding hydrogens is 460 g/mol. The molecule has 1 aromatic rings. The number of ketones is 1. The van der Waals surface area contributed by atoms with Gasteiger partial charge >= 0.3 is 16.1 Å². The van der Waals surface area contributed by atoms with Gasteiger partial charge in [-0.25, -0.2) is 0 Å². The van der Waals surface area contributed by atoms with E-state index in [2.05, 4.69) is 0 Å². The normalized spacial score (nSPS) is 34.1. The van der Waals surface area contributed by atoms with E-state index in [1.54, 1.807) is 25.1 Å². The maximum absolute atomic E-state index is 14.2. The van der Waals surface area contributed by atoms with Crippen LogP contribution in [0.2, 0.25) is 0 Å². The number of allylic oxidation sites excluding steroid dienone is 2. The SMILES string of the molecule is COC1(OC)C(=O)C23C(=CCC2C)C(C)(C(=O)O)C1(C)C(OS(=O)(=O)c1ccc(C)cc1)=C3C. The molecule has 4 atom stereocenters. The standard InChI is InChI=1S/C25H30O8S/c1-14-8-11-17(12-9-14)34(29,30)33-19-16(3)24-15(2)10-13-18(24)22(4,21(27)28)23(19,5)25(31-6,32-7)20(24)26/h8-9,11-13,15H,10H2,1-7H3,(H,27,28). The van der Waals surface area contributed by atoms with Crippen LogP contribution >= 0.6 is 0 Å². The number of methoxy groups -OCH3 is 2. The Labute approximate surface area is 199 Å². The van der Waals surface area contributed by atoms with Crippen molar-refractivity contribution in [3.63, 3.8) is 0 Å².